The number of nitrogens with zero attached hydrogens (tertiary/aromatic N) is 1. The third kappa shape index (κ3) is 3.55. The van der Waals surface area contributed by atoms with Crippen molar-refractivity contribution in [2.75, 3.05) is 13.1 Å². The topological polar surface area (TPSA) is 91.0 Å². The van der Waals surface area contributed by atoms with Gasteiger partial charge in [-0.2, -0.15) is 0 Å². The minimum absolute atomic E-state index is 0.114. The van der Waals surface area contributed by atoms with Gasteiger partial charge in [-0.3, -0.25) is 9.59 Å². The Kier molecular flexibility index (Phi) is 4.83. The minimum Gasteiger partial charge on any atom is -0.481 e. The van der Waals surface area contributed by atoms with Crippen LogP contribution < -0.4 is 0 Å². The number of aryl methyl sites for hydroxylation is 1. The number of carbonyl (C=O) groups is 2. The van der Waals surface area contributed by atoms with Gasteiger partial charge in [0.1, 0.15) is 11.5 Å². The quantitative estimate of drug-likeness (QED) is 0.871. The Morgan fingerprint density at radius 2 is 2.04 bits per heavy atom. The van der Waals surface area contributed by atoms with E-state index in [0.29, 0.717) is 27.7 Å². The zero-order chi connectivity index (χ0) is 18.1. The Balaban J connectivity index is 1.82. The van der Waals surface area contributed by atoms with Gasteiger partial charge in [0, 0.05) is 24.6 Å². The molecular weight excluding hydrogens is 346 g/mol. The second-order valence-electron chi connectivity index (χ2n) is 6.20. The number of hydrogen-bond donors (Lipinski definition) is 2. The molecule has 2 N–H and O–H groups in total. The van der Waals surface area contributed by atoms with Crippen LogP contribution in [0.15, 0.2) is 34.7 Å². The number of hydrogen-bond acceptors (Lipinski definition) is 4. The third-order valence-corrected chi connectivity index (χ3v) is 4.75. The second-order valence-corrected chi connectivity index (χ2v) is 6.60. The van der Waals surface area contributed by atoms with Crippen molar-refractivity contribution in [3.8, 4) is 11.3 Å². The van der Waals surface area contributed by atoms with Gasteiger partial charge in [0.05, 0.1) is 23.1 Å². The molecule has 3 rings (SSSR count). The van der Waals surface area contributed by atoms with Gasteiger partial charge in [-0.05, 0) is 25.1 Å². The van der Waals surface area contributed by atoms with E-state index < -0.39 is 18.0 Å². The summed E-state index contributed by atoms with van der Waals surface area (Å²) in [5.41, 5.74) is 1.08. The summed E-state index contributed by atoms with van der Waals surface area (Å²) >= 11 is 6.17. The highest BCUT2D eigenvalue weighted by Crippen LogP contribution is 2.32. The van der Waals surface area contributed by atoms with Gasteiger partial charge in [-0.15, -0.1) is 0 Å². The monoisotopic (exact) mass is 363 g/mol. The largest absolute Gasteiger partial charge is 0.481 e. The molecule has 1 aromatic carbocycles. The number of likely N-dealkylation sites (tertiary alicyclic amines) is 1. The summed E-state index contributed by atoms with van der Waals surface area (Å²) in [6, 6.07) is 8.81. The molecule has 2 aromatic rings. The lowest BCUT2D eigenvalue weighted by Gasteiger charge is -2.15. The van der Waals surface area contributed by atoms with E-state index >= 15 is 0 Å². The van der Waals surface area contributed by atoms with E-state index in [-0.39, 0.29) is 25.4 Å². The Labute approximate surface area is 149 Å². The van der Waals surface area contributed by atoms with E-state index in [1.165, 1.54) is 4.90 Å². The van der Waals surface area contributed by atoms with Gasteiger partial charge in [-0.1, -0.05) is 23.7 Å². The van der Waals surface area contributed by atoms with Crippen molar-refractivity contribution in [2.45, 2.75) is 19.4 Å². The summed E-state index contributed by atoms with van der Waals surface area (Å²) < 4.78 is 5.69. The molecule has 2 atom stereocenters. The molecule has 1 amide bonds. The zero-order valence-corrected chi connectivity index (χ0v) is 14.4. The van der Waals surface area contributed by atoms with Crippen molar-refractivity contribution in [1.29, 1.82) is 0 Å². The molecule has 0 saturated carbocycles. The molecule has 2 heterocycles. The van der Waals surface area contributed by atoms with Gasteiger partial charge in [0.25, 0.3) is 5.91 Å². The molecule has 0 bridgehead atoms. The van der Waals surface area contributed by atoms with Crippen molar-refractivity contribution in [3.05, 3.63) is 46.7 Å². The number of β-amino-alcohol motifs (C(OH)–C–C–N with tert-alkyl or cyclic N) is 1. The van der Waals surface area contributed by atoms with Gasteiger partial charge in [0.2, 0.25) is 0 Å². The van der Waals surface area contributed by atoms with Crippen LogP contribution >= 0.6 is 11.6 Å². The minimum atomic E-state index is -0.987. The lowest BCUT2D eigenvalue weighted by Crippen LogP contribution is -2.29. The number of rotatable bonds is 4. The van der Waals surface area contributed by atoms with Crippen LogP contribution in [0.1, 0.15) is 22.5 Å². The molecular formula is C18H18ClNO5. The Morgan fingerprint density at radius 3 is 2.72 bits per heavy atom. The molecule has 7 heteroatoms. The molecule has 0 radical (unpaired) electrons. The molecule has 0 spiro atoms. The maximum atomic E-state index is 12.7. The number of furan rings is 1. The van der Waals surface area contributed by atoms with Crippen molar-refractivity contribution >= 4 is 23.5 Å². The van der Waals surface area contributed by atoms with Crippen LogP contribution in [0.5, 0.6) is 0 Å². The van der Waals surface area contributed by atoms with Crippen molar-refractivity contribution in [1.82, 2.24) is 4.90 Å². The Hall–Kier alpha value is -2.31. The van der Waals surface area contributed by atoms with E-state index in [9.17, 15) is 14.7 Å². The number of carboxylic acids is 1. The summed E-state index contributed by atoms with van der Waals surface area (Å²) in [7, 11) is 0. The number of benzene rings is 1. The van der Waals surface area contributed by atoms with Crippen LogP contribution in [0.4, 0.5) is 0 Å². The van der Waals surface area contributed by atoms with E-state index in [2.05, 4.69) is 0 Å². The van der Waals surface area contributed by atoms with E-state index in [0.717, 1.165) is 0 Å². The summed E-state index contributed by atoms with van der Waals surface area (Å²) in [5.74, 6) is -0.786. The predicted molar refractivity (Wildman–Crippen MR) is 91.5 cm³/mol. The van der Waals surface area contributed by atoms with Gasteiger partial charge in [-0.25, -0.2) is 0 Å². The van der Waals surface area contributed by atoms with Crippen LogP contribution in [-0.2, 0) is 4.79 Å². The Bertz CT molecular complexity index is 816. The van der Waals surface area contributed by atoms with Gasteiger partial charge in [0.15, 0.2) is 0 Å². The van der Waals surface area contributed by atoms with Gasteiger partial charge >= 0.3 is 5.97 Å². The van der Waals surface area contributed by atoms with Crippen LogP contribution in [0.25, 0.3) is 11.3 Å². The average molecular weight is 364 g/mol. The molecule has 1 aliphatic rings. The first-order chi connectivity index (χ1) is 11.9. The highest BCUT2D eigenvalue weighted by atomic mass is 35.5. The standard InChI is InChI=1S/C18H18ClNO5/c1-10-13(7-16(25-10)12-4-2-3-5-14(12)19)18(24)20-8-11(6-17(22)23)15(21)9-20/h2-5,7,11,15,21H,6,8-9H2,1H3,(H,22,23)/t11-,15-/m1/s1. The van der Waals surface area contributed by atoms with E-state index in [4.69, 9.17) is 21.1 Å². The maximum absolute atomic E-state index is 12.7. The molecule has 0 aliphatic carbocycles. The number of halogens is 1. The van der Waals surface area contributed by atoms with Crippen LogP contribution in [0, 0.1) is 12.8 Å². The number of carbonyl (C=O) groups excluding carboxylic acids is 1. The average Bonchev–Trinajstić information content (AvgIpc) is 3.10. The van der Waals surface area contributed by atoms with Crippen LogP contribution in [-0.4, -0.2) is 46.2 Å². The SMILES string of the molecule is Cc1oc(-c2ccccc2Cl)cc1C(=O)N1C[C@@H](CC(=O)O)[C@H](O)C1. The lowest BCUT2D eigenvalue weighted by atomic mass is 10.0. The third-order valence-electron chi connectivity index (χ3n) is 4.42. The van der Waals surface area contributed by atoms with Gasteiger partial charge < -0.3 is 19.5 Å². The molecule has 1 saturated heterocycles. The van der Waals surface area contributed by atoms with Crippen molar-refractivity contribution in [3.63, 3.8) is 0 Å². The summed E-state index contributed by atoms with van der Waals surface area (Å²) in [6.07, 6.45) is -1.00. The number of carboxylic acid groups (broad SMARTS) is 1. The smallest absolute Gasteiger partial charge is 0.303 e. The first-order valence-electron chi connectivity index (χ1n) is 7.91. The number of aliphatic hydroxyl groups is 1. The number of aliphatic carboxylic acids is 1. The molecule has 25 heavy (non-hydrogen) atoms. The first-order valence-corrected chi connectivity index (χ1v) is 8.29. The summed E-state index contributed by atoms with van der Waals surface area (Å²) in [4.78, 5) is 25.1. The van der Waals surface area contributed by atoms with Crippen molar-refractivity contribution in [2.24, 2.45) is 5.92 Å². The highest BCUT2D eigenvalue weighted by molar-refractivity contribution is 6.33. The molecule has 132 valence electrons. The molecule has 6 nitrogen and oxygen atoms in total. The predicted octanol–water partition coefficient (Wildman–Crippen LogP) is 2.82. The first kappa shape index (κ1) is 17.5. The normalized spacial score (nSPS) is 20.0. The summed E-state index contributed by atoms with van der Waals surface area (Å²) in [5, 5.41) is 19.4. The molecule has 1 fully saturated rings. The fraction of sp³-hybridized carbons (Fsp3) is 0.333. The maximum Gasteiger partial charge on any atom is 0.303 e. The molecule has 0 unspecified atom stereocenters. The summed E-state index contributed by atoms with van der Waals surface area (Å²) in [6.45, 7) is 2.01. The fourth-order valence-electron chi connectivity index (χ4n) is 3.10. The molecule has 1 aliphatic heterocycles. The number of aliphatic hydroxyl groups excluding tert-OH is 1. The highest BCUT2D eigenvalue weighted by Gasteiger charge is 2.36. The number of amides is 1. The van der Waals surface area contributed by atoms with Crippen LogP contribution in [0.3, 0.4) is 0 Å². The van der Waals surface area contributed by atoms with E-state index in [1.807, 2.05) is 12.1 Å². The second kappa shape index (κ2) is 6.90. The van der Waals surface area contributed by atoms with Crippen LogP contribution in [0.2, 0.25) is 5.02 Å². The lowest BCUT2D eigenvalue weighted by molar-refractivity contribution is -0.138. The Morgan fingerprint density at radius 1 is 1.32 bits per heavy atom. The van der Waals surface area contributed by atoms with E-state index in [1.54, 1.807) is 25.1 Å². The zero-order valence-electron chi connectivity index (χ0n) is 13.6. The fourth-order valence-corrected chi connectivity index (χ4v) is 3.33. The van der Waals surface area contributed by atoms with Crippen molar-refractivity contribution < 1.29 is 24.2 Å². The molecule has 1 aromatic heterocycles.